The molecular weight excluding hydrogens is 358 g/mol. The number of nitrogens with one attached hydrogen (secondary N) is 1. The maximum atomic E-state index is 12.5. The van der Waals surface area contributed by atoms with Crippen molar-refractivity contribution < 1.29 is 9.53 Å². The first kappa shape index (κ1) is 19.5. The highest BCUT2D eigenvalue weighted by molar-refractivity contribution is 7.99. The van der Waals surface area contributed by atoms with Gasteiger partial charge in [-0.05, 0) is 44.0 Å². The topological polar surface area (TPSA) is 56.1 Å². The number of anilines is 1. The van der Waals surface area contributed by atoms with Crippen LogP contribution in [0.25, 0.3) is 11.0 Å². The minimum atomic E-state index is -0.0274. The predicted molar refractivity (Wildman–Crippen MR) is 112 cm³/mol. The SMILES string of the molecule is COCCn1c(SCC(=O)Nc2c(C)cc(C)cc2C)nc2ccccc21. The molecular formula is C21H25N3O2S. The summed E-state index contributed by atoms with van der Waals surface area (Å²) in [5.41, 5.74) is 6.25. The molecule has 0 fully saturated rings. The zero-order valence-electron chi connectivity index (χ0n) is 16.2. The Bertz CT molecular complexity index is 942. The zero-order chi connectivity index (χ0) is 19.4. The fraction of sp³-hybridized carbons (Fsp3) is 0.333. The van der Waals surface area contributed by atoms with Gasteiger partial charge in [0.15, 0.2) is 5.16 Å². The summed E-state index contributed by atoms with van der Waals surface area (Å²) in [5.74, 6) is 0.281. The van der Waals surface area contributed by atoms with Crippen LogP contribution in [0, 0.1) is 20.8 Å². The minimum Gasteiger partial charge on any atom is -0.383 e. The van der Waals surface area contributed by atoms with Crippen LogP contribution >= 0.6 is 11.8 Å². The van der Waals surface area contributed by atoms with Crippen molar-refractivity contribution >= 4 is 34.4 Å². The van der Waals surface area contributed by atoms with Gasteiger partial charge in [-0.2, -0.15) is 0 Å². The summed E-state index contributed by atoms with van der Waals surface area (Å²) in [6.45, 7) is 7.41. The van der Waals surface area contributed by atoms with E-state index < -0.39 is 0 Å². The van der Waals surface area contributed by atoms with Gasteiger partial charge in [0.1, 0.15) is 0 Å². The second-order valence-electron chi connectivity index (χ2n) is 6.64. The van der Waals surface area contributed by atoms with Gasteiger partial charge in [-0.25, -0.2) is 4.98 Å². The standard InChI is InChI=1S/C21H25N3O2S/c1-14-11-15(2)20(16(3)12-14)23-19(25)13-27-21-22-17-7-5-6-8-18(17)24(21)9-10-26-4/h5-8,11-12H,9-10,13H2,1-4H3,(H,23,25). The third-order valence-corrected chi connectivity index (χ3v) is 5.39. The van der Waals surface area contributed by atoms with Crippen molar-refractivity contribution in [2.75, 3.05) is 24.8 Å². The van der Waals surface area contributed by atoms with Crippen LogP contribution < -0.4 is 5.32 Å². The van der Waals surface area contributed by atoms with E-state index in [0.29, 0.717) is 18.9 Å². The highest BCUT2D eigenvalue weighted by atomic mass is 32.2. The summed E-state index contributed by atoms with van der Waals surface area (Å²) in [7, 11) is 1.69. The Labute approximate surface area is 164 Å². The highest BCUT2D eigenvalue weighted by Gasteiger charge is 2.14. The Morgan fingerprint density at radius 3 is 2.59 bits per heavy atom. The number of imidazole rings is 1. The number of amides is 1. The number of thioether (sulfide) groups is 1. The van der Waals surface area contributed by atoms with E-state index in [9.17, 15) is 4.79 Å². The number of ether oxygens (including phenoxy) is 1. The fourth-order valence-corrected chi connectivity index (χ4v) is 4.09. The van der Waals surface area contributed by atoms with E-state index in [1.165, 1.54) is 17.3 Å². The van der Waals surface area contributed by atoms with Gasteiger partial charge < -0.3 is 14.6 Å². The number of nitrogens with zero attached hydrogens (tertiary/aromatic N) is 2. The minimum absolute atomic E-state index is 0.0274. The number of benzene rings is 2. The van der Waals surface area contributed by atoms with Crippen LogP contribution in [0.5, 0.6) is 0 Å². The molecule has 1 N–H and O–H groups in total. The van der Waals surface area contributed by atoms with E-state index in [0.717, 1.165) is 33.0 Å². The van der Waals surface area contributed by atoms with Gasteiger partial charge in [-0.1, -0.05) is 41.6 Å². The fourth-order valence-electron chi connectivity index (χ4n) is 3.25. The zero-order valence-corrected chi connectivity index (χ0v) is 17.0. The molecule has 0 radical (unpaired) electrons. The number of rotatable bonds is 7. The summed E-state index contributed by atoms with van der Waals surface area (Å²) in [6.07, 6.45) is 0. The van der Waals surface area contributed by atoms with Crippen LogP contribution in [0.4, 0.5) is 5.69 Å². The number of hydrogen-bond acceptors (Lipinski definition) is 4. The molecule has 0 aliphatic heterocycles. The van der Waals surface area contributed by atoms with Crippen LogP contribution in [-0.2, 0) is 16.1 Å². The summed E-state index contributed by atoms with van der Waals surface area (Å²) in [6, 6.07) is 12.2. The van der Waals surface area contributed by atoms with Gasteiger partial charge in [0.05, 0.1) is 23.4 Å². The molecule has 2 aromatic carbocycles. The summed E-state index contributed by atoms with van der Waals surface area (Å²) < 4.78 is 7.33. The third kappa shape index (κ3) is 4.51. The van der Waals surface area contributed by atoms with Crippen LogP contribution in [0.15, 0.2) is 41.6 Å². The van der Waals surface area contributed by atoms with Gasteiger partial charge in [-0.15, -0.1) is 0 Å². The molecule has 1 amide bonds. The van der Waals surface area contributed by atoms with Crippen molar-refractivity contribution in [3.05, 3.63) is 53.1 Å². The maximum Gasteiger partial charge on any atom is 0.234 e. The van der Waals surface area contributed by atoms with E-state index in [4.69, 9.17) is 4.74 Å². The van der Waals surface area contributed by atoms with Gasteiger partial charge in [-0.3, -0.25) is 4.79 Å². The van der Waals surface area contributed by atoms with E-state index in [2.05, 4.69) is 33.9 Å². The molecule has 3 aromatic rings. The second kappa shape index (κ2) is 8.59. The van der Waals surface area contributed by atoms with Gasteiger partial charge in [0.2, 0.25) is 5.91 Å². The molecule has 0 atom stereocenters. The van der Waals surface area contributed by atoms with E-state index in [1.54, 1.807) is 7.11 Å². The average molecular weight is 384 g/mol. The first-order valence-corrected chi connectivity index (χ1v) is 9.93. The molecule has 0 saturated carbocycles. The molecule has 5 nitrogen and oxygen atoms in total. The molecule has 6 heteroatoms. The molecule has 142 valence electrons. The number of hydrogen-bond donors (Lipinski definition) is 1. The van der Waals surface area contributed by atoms with E-state index in [-0.39, 0.29) is 5.91 Å². The second-order valence-corrected chi connectivity index (χ2v) is 7.58. The lowest BCUT2D eigenvalue weighted by Gasteiger charge is -2.13. The predicted octanol–water partition coefficient (Wildman–Crippen LogP) is 4.34. The molecule has 1 heterocycles. The maximum absolute atomic E-state index is 12.5. The number of carbonyl (C=O) groups excluding carboxylic acids is 1. The number of methoxy groups -OCH3 is 1. The Morgan fingerprint density at radius 1 is 1.19 bits per heavy atom. The summed E-state index contributed by atoms with van der Waals surface area (Å²) in [4.78, 5) is 17.2. The lowest BCUT2D eigenvalue weighted by molar-refractivity contribution is -0.113. The van der Waals surface area contributed by atoms with Crippen molar-refractivity contribution in [2.45, 2.75) is 32.5 Å². The smallest absolute Gasteiger partial charge is 0.234 e. The van der Waals surface area contributed by atoms with Crippen molar-refractivity contribution in [3.8, 4) is 0 Å². The summed E-state index contributed by atoms with van der Waals surface area (Å²) >= 11 is 1.45. The van der Waals surface area contributed by atoms with E-state index >= 15 is 0 Å². The summed E-state index contributed by atoms with van der Waals surface area (Å²) in [5, 5.41) is 3.88. The molecule has 0 bridgehead atoms. The molecule has 1 aromatic heterocycles. The Balaban J connectivity index is 1.74. The number of aryl methyl sites for hydroxylation is 3. The first-order valence-electron chi connectivity index (χ1n) is 8.94. The van der Waals surface area contributed by atoms with Gasteiger partial charge >= 0.3 is 0 Å². The molecule has 0 unspecified atom stereocenters. The number of aromatic nitrogens is 2. The largest absolute Gasteiger partial charge is 0.383 e. The molecule has 0 aliphatic rings. The number of carbonyl (C=O) groups is 1. The lowest BCUT2D eigenvalue weighted by atomic mass is 10.1. The van der Waals surface area contributed by atoms with Crippen molar-refractivity contribution in [3.63, 3.8) is 0 Å². The Hall–Kier alpha value is -2.31. The molecule has 3 rings (SSSR count). The third-order valence-electron chi connectivity index (χ3n) is 4.41. The normalized spacial score (nSPS) is 11.1. The average Bonchev–Trinajstić information content (AvgIpc) is 2.98. The van der Waals surface area contributed by atoms with Crippen LogP contribution in [0.1, 0.15) is 16.7 Å². The van der Waals surface area contributed by atoms with Crippen molar-refractivity contribution in [2.24, 2.45) is 0 Å². The van der Waals surface area contributed by atoms with Crippen molar-refractivity contribution in [1.29, 1.82) is 0 Å². The van der Waals surface area contributed by atoms with Gasteiger partial charge in [0, 0.05) is 19.3 Å². The molecule has 27 heavy (non-hydrogen) atoms. The monoisotopic (exact) mass is 383 g/mol. The van der Waals surface area contributed by atoms with Crippen LogP contribution in [-0.4, -0.2) is 34.9 Å². The quantitative estimate of drug-likeness (QED) is 0.617. The Morgan fingerprint density at radius 2 is 1.89 bits per heavy atom. The van der Waals surface area contributed by atoms with E-state index in [1.807, 2.05) is 38.1 Å². The first-order chi connectivity index (χ1) is 13.0. The van der Waals surface area contributed by atoms with Gasteiger partial charge in [0.25, 0.3) is 0 Å². The molecule has 0 spiro atoms. The van der Waals surface area contributed by atoms with Crippen LogP contribution in [0.2, 0.25) is 0 Å². The molecule has 0 saturated heterocycles. The highest BCUT2D eigenvalue weighted by Crippen LogP contribution is 2.25. The lowest BCUT2D eigenvalue weighted by Crippen LogP contribution is -2.16. The number of fused-ring (bicyclic) bond motifs is 1. The number of para-hydroxylation sites is 2. The Kier molecular flexibility index (Phi) is 6.19. The van der Waals surface area contributed by atoms with Crippen molar-refractivity contribution in [1.82, 2.24) is 9.55 Å². The van der Waals surface area contributed by atoms with Crippen LogP contribution in [0.3, 0.4) is 0 Å². The molecule has 0 aliphatic carbocycles.